The number of rotatable bonds is 7. The molecule has 2 N–H and O–H groups in total. The SMILES string of the molecule is COc1cc(-c2ccc(C3CC4CC(CCN)OC4O3)cc2)cc(OC)c1OC. The van der Waals surface area contributed by atoms with Crippen LogP contribution in [-0.4, -0.2) is 40.3 Å². The van der Waals surface area contributed by atoms with Crippen LogP contribution in [0.4, 0.5) is 0 Å². The Morgan fingerprint density at radius 2 is 1.59 bits per heavy atom. The molecular formula is C23H29NO5. The Kier molecular flexibility index (Phi) is 5.94. The van der Waals surface area contributed by atoms with Crippen LogP contribution in [0, 0.1) is 5.92 Å². The number of methoxy groups -OCH3 is 3. The number of nitrogens with two attached hydrogens (primary N) is 1. The van der Waals surface area contributed by atoms with Gasteiger partial charge in [-0.1, -0.05) is 24.3 Å². The fourth-order valence-electron chi connectivity index (χ4n) is 4.37. The fraction of sp³-hybridized carbons (Fsp3) is 0.478. The van der Waals surface area contributed by atoms with Crippen molar-refractivity contribution >= 4 is 0 Å². The zero-order valence-electron chi connectivity index (χ0n) is 17.2. The second-order valence-corrected chi connectivity index (χ2v) is 7.60. The van der Waals surface area contributed by atoms with Crippen LogP contribution < -0.4 is 19.9 Å². The first-order chi connectivity index (χ1) is 14.2. The minimum absolute atomic E-state index is 0.0813. The minimum Gasteiger partial charge on any atom is -0.493 e. The first-order valence-corrected chi connectivity index (χ1v) is 10.1. The van der Waals surface area contributed by atoms with Crippen LogP contribution >= 0.6 is 0 Å². The molecule has 0 saturated carbocycles. The van der Waals surface area contributed by atoms with Crippen molar-refractivity contribution in [3.8, 4) is 28.4 Å². The van der Waals surface area contributed by atoms with Crippen LogP contribution in [0.3, 0.4) is 0 Å². The monoisotopic (exact) mass is 399 g/mol. The second-order valence-electron chi connectivity index (χ2n) is 7.60. The highest BCUT2D eigenvalue weighted by Gasteiger charge is 2.43. The molecule has 0 amide bonds. The van der Waals surface area contributed by atoms with Gasteiger partial charge in [-0.15, -0.1) is 0 Å². The van der Waals surface area contributed by atoms with E-state index in [1.807, 2.05) is 12.1 Å². The van der Waals surface area contributed by atoms with Crippen LogP contribution in [-0.2, 0) is 9.47 Å². The molecule has 4 atom stereocenters. The molecule has 6 nitrogen and oxygen atoms in total. The maximum atomic E-state index is 6.18. The van der Waals surface area contributed by atoms with Gasteiger partial charge in [0, 0.05) is 5.92 Å². The Balaban J connectivity index is 1.49. The Bertz CT molecular complexity index is 799. The first-order valence-electron chi connectivity index (χ1n) is 10.1. The lowest BCUT2D eigenvalue weighted by atomic mass is 9.95. The molecule has 2 fully saturated rings. The lowest BCUT2D eigenvalue weighted by Crippen LogP contribution is -2.16. The Hall–Kier alpha value is -2.28. The molecule has 0 aliphatic carbocycles. The highest BCUT2D eigenvalue weighted by Crippen LogP contribution is 2.45. The highest BCUT2D eigenvalue weighted by molar-refractivity contribution is 5.71. The summed E-state index contributed by atoms with van der Waals surface area (Å²) >= 11 is 0. The van der Waals surface area contributed by atoms with E-state index in [9.17, 15) is 0 Å². The van der Waals surface area contributed by atoms with E-state index in [1.54, 1.807) is 21.3 Å². The summed E-state index contributed by atoms with van der Waals surface area (Å²) in [6, 6.07) is 12.4. The molecule has 29 heavy (non-hydrogen) atoms. The maximum absolute atomic E-state index is 6.18. The second kappa shape index (κ2) is 8.61. The van der Waals surface area contributed by atoms with Crippen molar-refractivity contribution in [2.24, 2.45) is 11.7 Å². The lowest BCUT2D eigenvalue weighted by Gasteiger charge is -2.17. The van der Waals surface area contributed by atoms with Crippen molar-refractivity contribution in [1.82, 2.24) is 0 Å². The molecule has 0 aromatic heterocycles. The van der Waals surface area contributed by atoms with Crippen molar-refractivity contribution in [1.29, 1.82) is 0 Å². The van der Waals surface area contributed by atoms with Gasteiger partial charge < -0.3 is 29.4 Å². The third kappa shape index (κ3) is 3.92. The van der Waals surface area contributed by atoms with E-state index < -0.39 is 0 Å². The molecular weight excluding hydrogens is 370 g/mol. The van der Waals surface area contributed by atoms with Gasteiger partial charge in [-0.25, -0.2) is 0 Å². The van der Waals surface area contributed by atoms with Crippen molar-refractivity contribution in [2.75, 3.05) is 27.9 Å². The van der Waals surface area contributed by atoms with Crippen molar-refractivity contribution < 1.29 is 23.7 Å². The van der Waals surface area contributed by atoms with Crippen LogP contribution in [0.2, 0.25) is 0 Å². The van der Waals surface area contributed by atoms with E-state index in [4.69, 9.17) is 29.4 Å². The zero-order chi connectivity index (χ0) is 20.4. The molecule has 4 unspecified atom stereocenters. The van der Waals surface area contributed by atoms with Crippen LogP contribution in [0.15, 0.2) is 36.4 Å². The van der Waals surface area contributed by atoms with Crippen molar-refractivity contribution in [2.45, 2.75) is 37.8 Å². The van der Waals surface area contributed by atoms with E-state index in [1.165, 1.54) is 5.56 Å². The molecule has 2 saturated heterocycles. The van der Waals surface area contributed by atoms with E-state index in [0.717, 1.165) is 30.4 Å². The normalized spacial score (nSPS) is 25.7. The van der Waals surface area contributed by atoms with Gasteiger partial charge in [-0.3, -0.25) is 0 Å². The zero-order valence-corrected chi connectivity index (χ0v) is 17.2. The average Bonchev–Trinajstić information content (AvgIpc) is 3.31. The molecule has 2 aromatic rings. The average molecular weight is 399 g/mol. The Labute approximate surface area is 171 Å². The predicted molar refractivity (Wildman–Crippen MR) is 110 cm³/mol. The summed E-state index contributed by atoms with van der Waals surface area (Å²) in [4.78, 5) is 0. The van der Waals surface area contributed by atoms with Gasteiger partial charge in [0.1, 0.15) is 0 Å². The van der Waals surface area contributed by atoms with Crippen LogP contribution in [0.5, 0.6) is 17.2 Å². The van der Waals surface area contributed by atoms with Gasteiger partial charge in [-0.05, 0) is 54.6 Å². The minimum atomic E-state index is -0.0914. The molecule has 0 spiro atoms. The van der Waals surface area contributed by atoms with Gasteiger partial charge >= 0.3 is 0 Å². The third-order valence-corrected chi connectivity index (χ3v) is 5.86. The summed E-state index contributed by atoms with van der Waals surface area (Å²) < 4.78 is 28.5. The summed E-state index contributed by atoms with van der Waals surface area (Å²) in [5.74, 6) is 2.34. The maximum Gasteiger partial charge on any atom is 0.203 e. The molecule has 6 heteroatoms. The molecule has 2 aliphatic rings. The number of ether oxygens (including phenoxy) is 5. The van der Waals surface area contributed by atoms with E-state index >= 15 is 0 Å². The number of benzene rings is 2. The number of hydrogen-bond donors (Lipinski definition) is 1. The van der Waals surface area contributed by atoms with Crippen molar-refractivity contribution in [3.63, 3.8) is 0 Å². The molecule has 2 aliphatic heterocycles. The molecule has 2 aromatic carbocycles. The van der Waals surface area contributed by atoms with Gasteiger partial charge in [0.2, 0.25) is 5.75 Å². The molecule has 2 heterocycles. The summed E-state index contributed by atoms with van der Waals surface area (Å²) in [7, 11) is 4.85. The molecule has 4 rings (SSSR count). The van der Waals surface area contributed by atoms with E-state index in [-0.39, 0.29) is 18.5 Å². The Morgan fingerprint density at radius 1 is 0.897 bits per heavy atom. The van der Waals surface area contributed by atoms with E-state index in [2.05, 4.69) is 24.3 Å². The van der Waals surface area contributed by atoms with Crippen molar-refractivity contribution in [3.05, 3.63) is 42.0 Å². The molecule has 0 bridgehead atoms. The summed E-state index contributed by atoms with van der Waals surface area (Å²) in [5, 5.41) is 0. The smallest absolute Gasteiger partial charge is 0.203 e. The van der Waals surface area contributed by atoms with Gasteiger partial charge in [0.15, 0.2) is 17.8 Å². The van der Waals surface area contributed by atoms with E-state index in [0.29, 0.717) is 29.7 Å². The van der Waals surface area contributed by atoms with Gasteiger partial charge in [-0.2, -0.15) is 0 Å². The highest BCUT2D eigenvalue weighted by atomic mass is 16.7. The number of fused-ring (bicyclic) bond motifs is 1. The van der Waals surface area contributed by atoms with Gasteiger partial charge in [0.05, 0.1) is 33.5 Å². The summed E-state index contributed by atoms with van der Waals surface area (Å²) in [6.45, 7) is 0.663. The fourth-order valence-corrected chi connectivity index (χ4v) is 4.37. The lowest BCUT2D eigenvalue weighted by molar-refractivity contribution is -0.140. The largest absolute Gasteiger partial charge is 0.493 e. The van der Waals surface area contributed by atoms with Crippen LogP contribution in [0.1, 0.15) is 30.9 Å². The first kappa shape index (κ1) is 20.0. The summed E-state index contributed by atoms with van der Waals surface area (Å²) in [5.41, 5.74) is 8.90. The summed E-state index contributed by atoms with van der Waals surface area (Å²) in [6.07, 6.45) is 3.18. The third-order valence-electron chi connectivity index (χ3n) is 5.86. The topological polar surface area (TPSA) is 72.2 Å². The van der Waals surface area contributed by atoms with Gasteiger partial charge in [0.25, 0.3) is 0 Å². The quantitative estimate of drug-likeness (QED) is 0.761. The van der Waals surface area contributed by atoms with Crippen LogP contribution in [0.25, 0.3) is 11.1 Å². The standard InChI is InChI=1S/C23H29NO5/c1-25-20-11-16(12-21(26-2)22(20)27-3)14-4-6-15(7-5-14)19-13-17-10-18(8-9-24)28-23(17)29-19/h4-7,11-12,17-19,23H,8-10,13,24H2,1-3H3. The number of hydrogen-bond acceptors (Lipinski definition) is 6. The predicted octanol–water partition coefficient (Wildman–Crippen LogP) is 3.92. The molecule has 156 valence electrons. The Morgan fingerprint density at radius 3 is 2.14 bits per heavy atom. The molecule has 0 radical (unpaired) electrons.